The van der Waals surface area contributed by atoms with E-state index >= 15 is 0 Å². The molecule has 30 heavy (non-hydrogen) atoms. The number of carbonyl (C=O) groups is 2. The highest BCUT2D eigenvalue weighted by Gasteiger charge is 2.56. The first-order chi connectivity index (χ1) is 14.5. The molecule has 2 aromatic rings. The van der Waals surface area contributed by atoms with Crippen LogP contribution in [0.5, 0.6) is 5.75 Å². The highest BCUT2D eigenvalue weighted by atomic mass is 16.5. The van der Waals surface area contributed by atoms with Crippen LogP contribution < -0.4 is 4.74 Å². The first-order valence-corrected chi connectivity index (χ1v) is 10.2. The van der Waals surface area contributed by atoms with Crippen molar-refractivity contribution in [1.29, 1.82) is 0 Å². The molecule has 2 aliphatic heterocycles. The summed E-state index contributed by atoms with van der Waals surface area (Å²) in [4.78, 5) is 31.5. The number of carbonyl (C=O) groups excluding carboxylic acids is 2. The van der Waals surface area contributed by atoms with Crippen molar-refractivity contribution in [3.05, 3.63) is 60.1 Å². The number of urea groups is 1. The largest absolute Gasteiger partial charge is 0.497 e. The molecule has 0 bridgehead atoms. The molecule has 0 atom stereocenters. The number of imide groups is 1. The molecular formula is C23H27N3O4. The van der Waals surface area contributed by atoms with Crippen molar-refractivity contribution in [3.8, 4) is 5.75 Å². The highest BCUT2D eigenvalue weighted by Crippen LogP contribution is 2.36. The van der Waals surface area contributed by atoms with Crippen LogP contribution >= 0.6 is 0 Å². The second-order valence-corrected chi connectivity index (χ2v) is 7.83. The summed E-state index contributed by atoms with van der Waals surface area (Å²) < 4.78 is 10.5. The third-order valence-corrected chi connectivity index (χ3v) is 6.18. The van der Waals surface area contributed by atoms with Crippen molar-refractivity contribution >= 4 is 18.0 Å². The van der Waals surface area contributed by atoms with E-state index in [4.69, 9.17) is 9.15 Å². The van der Waals surface area contributed by atoms with E-state index in [1.54, 1.807) is 25.3 Å². The molecule has 1 aromatic carbocycles. The van der Waals surface area contributed by atoms with E-state index in [9.17, 15) is 9.59 Å². The minimum Gasteiger partial charge on any atom is -0.497 e. The highest BCUT2D eigenvalue weighted by molar-refractivity contribution is 6.06. The Hall–Kier alpha value is -3.06. The number of likely N-dealkylation sites (tertiary alicyclic amines) is 1. The molecule has 7 nitrogen and oxygen atoms in total. The molecule has 0 radical (unpaired) electrons. The van der Waals surface area contributed by atoms with Crippen LogP contribution in [0.15, 0.2) is 53.2 Å². The van der Waals surface area contributed by atoms with E-state index in [2.05, 4.69) is 11.0 Å². The lowest BCUT2D eigenvalue weighted by atomic mass is 9.86. The van der Waals surface area contributed by atoms with E-state index in [0.29, 0.717) is 12.8 Å². The SMILES string of the molecule is COc1ccc(CN2C(=O)N(C)C3(CCN(C/C=C/c4ccco4)CC3)C2=O)cc1. The average molecular weight is 409 g/mol. The summed E-state index contributed by atoms with van der Waals surface area (Å²) in [6.45, 7) is 2.60. The van der Waals surface area contributed by atoms with Gasteiger partial charge >= 0.3 is 6.03 Å². The van der Waals surface area contributed by atoms with Crippen LogP contribution in [-0.4, -0.2) is 66.0 Å². The average Bonchev–Trinajstić information content (AvgIpc) is 3.35. The van der Waals surface area contributed by atoms with Crippen LogP contribution in [0.4, 0.5) is 4.79 Å². The maximum Gasteiger partial charge on any atom is 0.327 e. The van der Waals surface area contributed by atoms with Gasteiger partial charge in [0.05, 0.1) is 19.9 Å². The number of hydrogen-bond donors (Lipinski definition) is 0. The van der Waals surface area contributed by atoms with Crippen LogP contribution in [0.3, 0.4) is 0 Å². The van der Waals surface area contributed by atoms with E-state index in [1.165, 1.54) is 4.90 Å². The topological polar surface area (TPSA) is 66.2 Å². The number of rotatable bonds is 6. The summed E-state index contributed by atoms with van der Waals surface area (Å²) in [6.07, 6.45) is 6.96. The second kappa shape index (κ2) is 8.36. The molecule has 3 amide bonds. The summed E-state index contributed by atoms with van der Waals surface area (Å²) in [5.74, 6) is 1.49. The fourth-order valence-corrected chi connectivity index (χ4v) is 4.26. The van der Waals surface area contributed by atoms with Gasteiger partial charge in [0, 0.05) is 26.7 Å². The number of nitrogens with zero attached hydrogens (tertiary/aromatic N) is 3. The molecule has 3 heterocycles. The van der Waals surface area contributed by atoms with Crippen LogP contribution in [0.2, 0.25) is 0 Å². The minimum atomic E-state index is -0.731. The zero-order chi connectivity index (χ0) is 21.1. The molecule has 1 spiro atoms. The van der Waals surface area contributed by atoms with Crippen molar-refractivity contribution in [2.75, 3.05) is 33.8 Å². The van der Waals surface area contributed by atoms with Crippen LogP contribution in [0.25, 0.3) is 6.08 Å². The van der Waals surface area contributed by atoms with Gasteiger partial charge in [0.1, 0.15) is 17.0 Å². The van der Waals surface area contributed by atoms with Gasteiger partial charge in [-0.1, -0.05) is 18.2 Å². The summed E-state index contributed by atoms with van der Waals surface area (Å²) >= 11 is 0. The monoisotopic (exact) mass is 409 g/mol. The molecule has 0 N–H and O–H groups in total. The quantitative estimate of drug-likeness (QED) is 0.686. The van der Waals surface area contributed by atoms with Gasteiger partial charge in [-0.2, -0.15) is 0 Å². The molecule has 158 valence electrons. The number of methoxy groups -OCH3 is 1. The number of benzene rings is 1. The number of piperidine rings is 1. The molecule has 2 aliphatic rings. The molecule has 4 rings (SSSR count). The van der Waals surface area contributed by atoms with E-state index in [1.807, 2.05) is 42.5 Å². The van der Waals surface area contributed by atoms with Crippen LogP contribution in [0, 0.1) is 0 Å². The van der Waals surface area contributed by atoms with Crippen LogP contribution in [0.1, 0.15) is 24.2 Å². The maximum absolute atomic E-state index is 13.3. The number of furan rings is 1. The van der Waals surface area contributed by atoms with Gasteiger partial charge in [-0.15, -0.1) is 0 Å². The van der Waals surface area contributed by atoms with Gasteiger partial charge in [-0.25, -0.2) is 4.79 Å². The minimum absolute atomic E-state index is 0.0865. The molecule has 2 fully saturated rings. The number of likely N-dealkylation sites (N-methyl/N-ethyl adjacent to an activating group) is 1. The Morgan fingerprint density at radius 3 is 2.50 bits per heavy atom. The number of hydrogen-bond acceptors (Lipinski definition) is 5. The van der Waals surface area contributed by atoms with Gasteiger partial charge in [-0.3, -0.25) is 14.6 Å². The van der Waals surface area contributed by atoms with Crippen molar-refractivity contribution in [2.45, 2.75) is 24.9 Å². The Kier molecular flexibility index (Phi) is 5.63. The number of ether oxygens (including phenoxy) is 1. The molecule has 2 saturated heterocycles. The summed E-state index contributed by atoms with van der Waals surface area (Å²) in [6, 6.07) is 11.0. The van der Waals surface area contributed by atoms with Gasteiger partial charge in [0.25, 0.3) is 5.91 Å². The third kappa shape index (κ3) is 3.73. The predicted octanol–water partition coefficient (Wildman–Crippen LogP) is 3.23. The fourth-order valence-electron chi connectivity index (χ4n) is 4.26. The lowest BCUT2D eigenvalue weighted by Crippen LogP contribution is -2.55. The van der Waals surface area contributed by atoms with Gasteiger partial charge < -0.3 is 14.1 Å². The zero-order valence-electron chi connectivity index (χ0n) is 17.4. The molecule has 7 heteroatoms. The third-order valence-electron chi connectivity index (χ3n) is 6.18. The fraction of sp³-hybridized carbons (Fsp3) is 0.391. The summed E-state index contributed by atoms with van der Waals surface area (Å²) in [5, 5.41) is 0. The predicted molar refractivity (Wildman–Crippen MR) is 113 cm³/mol. The Balaban J connectivity index is 1.39. The normalized spacial score (nSPS) is 19.4. The first-order valence-electron chi connectivity index (χ1n) is 10.2. The van der Waals surface area contributed by atoms with E-state index < -0.39 is 5.54 Å². The lowest BCUT2D eigenvalue weighted by molar-refractivity contribution is -0.135. The van der Waals surface area contributed by atoms with Crippen molar-refractivity contribution < 1.29 is 18.7 Å². The van der Waals surface area contributed by atoms with E-state index in [-0.39, 0.29) is 18.5 Å². The molecule has 0 saturated carbocycles. The van der Waals surface area contributed by atoms with Gasteiger partial charge in [0.2, 0.25) is 0 Å². The van der Waals surface area contributed by atoms with Crippen molar-refractivity contribution in [3.63, 3.8) is 0 Å². The summed E-state index contributed by atoms with van der Waals surface area (Å²) in [7, 11) is 3.36. The Labute approximate surface area is 176 Å². The molecule has 0 aliphatic carbocycles. The van der Waals surface area contributed by atoms with E-state index in [0.717, 1.165) is 36.7 Å². The van der Waals surface area contributed by atoms with Gasteiger partial charge in [-0.05, 0) is 48.7 Å². The first kappa shape index (κ1) is 20.2. The molecule has 1 aromatic heterocycles. The second-order valence-electron chi connectivity index (χ2n) is 7.83. The summed E-state index contributed by atoms with van der Waals surface area (Å²) in [5.41, 5.74) is 0.175. The Morgan fingerprint density at radius 1 is 1.13 bits per heavy atom. The Bertz CT molecular complexity index is 912. The van der Waals surface area contributed by atoms with Crippen molar-refractivity contribution in [1.82, 2.24) is 14.7 Å². The van der Waals surface area contributed by atoms with Crippen LogP contribution in [-0.2, 0) is 11.3 Å². The zero-order valence-corrected chi connectivity index (χ0v) is 17.4. The van der Waals surface area contributed by atoms with Gasteiger partial charge in [0.15, 0.2) is 0 Å². The smallest absolute Gasteiger partial charge is 0.327 e. The standard InChI is InChI=1S/C23H27N3O4/c1-24-22(28)26(17-18-7-9-19(29-2)10-8-18)21(27)23(24)11-14-25(15-12-23)13-3-5-20-6-4-16-30-20/h3-10,16H,11-15,17H2,1-2H3/b5-3+. The lowest BCUT2D eigenvalue weighted by Gasteiger charge is -2.40. The number of amides is 3. The van der Waals surface area contributed by atoms with Crippen molar-refractivity contribution in [2.24, 2.45) is 0 Å². The Morgan fingerprint density at radius 2 is 1.87 bits per heavy atom. The molecular weight excluding hydrogens is 382 g/mol. The maximum atomic E-state index is 13.3. The molecule has 0 unspecified atom stereocenters.